The Morgan fingerprint density at radius 3 is 2.90 bits per heavy atom. The number of anilines is 2. The van der Waals surface area contributed by atoms with Gasteiger partial charge < -0.3 is 19.9 Å². The van der Waals surface area contributed by atoms with E-state index in [1.165, 1.54) is 0 Å². The molecule has 0 aromatic carbocycles. The normalized spacial score (nSPS) is 22.5. The van der Waals surface area contributed by atoms with E-state index in [0.717, 1.165) is 41.1 Å². The molecule has 160 valence electrons. The molecule has 0 spiro atoms. The van der Waals surface area contributed by atoms with Crippen molar-refractivity contribution in [1.82, 2.24) is 24.2 Å². The quantitative estimate of drug-likeness (QED) is 0.540. The van der Waals surface area contributed by atoms with Crippen molar-refractivity contribution in [2.24, 2.45) is 11.8 Å². The van der Waals surface area contributed by atoms with Gasteiger partial charge in [-0.25, -0.2) is 14.6 Å². The predicted octanol–water partition coefficient (Wildman–Crippen LogP) is 2.84. The van der Waals surface area contributed by atoms with E-state index in [2.05, 4.69) is 41.4 Å². The summed E-state index contributed by atoms with van der Waals surface area (Å²) in [7, 11) is 2.06. The highest BCUT2D eigenvalue weighted by Gasteiger charge is 2.44. The summed E-state index contributed by atoms with van der Waals surface area (Å²) in [6.45, 7) is 8.73. The monoisotopic (exact) mass is 438 g/mol. The van der Waals surface area contributed by atoms with Crippen molar-refractivity contribution in [2.45, 2.75) is 25.5 Å². The van der Waals surface area contributed by atoms with Gasteiger partial charge in [0.05, 0.1) is 12.3 Å². The molecule has 2 aliphatic rings. The lowest BCUT2D eigenvalue weighted by Crippen LogP contribution is -2.36. The van der Waals surface area contributed by atoms with E-state index in [-0.39, 0.29) is 12.6 Å². The number of carbonyl (C=O) groups is 1. The molecule has 11 heteroatoms. The minimum Gasteiger partial charge on any atom is -0.388 e. The van der Waals surface area contributed by atoms with Gasteiger partial charge in [0.2, 0.25) is 10.8 Å². The van der Waals surface area contributed by atoms with Crippen molar-refractivity contribution in [3.63, 3.8) is 0 Å². The average molecular weight is 439 g/mol. The SMILES string of the molecule is [C-]#[N+]c1cnc2[nH]ccc2c1N(C)C1C[C@@H]2CN(C(=O)Nc3nc(CO)ns3)C[C@@H]2C1. The van der Waals surface area contributed by atoms with E-state index >= 15 is 0 Å². The highest BCUT2D eigenvalue weighted by molar-refractivity contribution is 7.09. The Kier molecular flexibility index (Phi) is 4.95. The Morgan fingerprint density at radius 2 is 2.23 bits per heavy atom. The van der Waals surface area contributed by atoms with Crippen LogP contribution in [0.25, 0.3) is 15.9 Å². The number of aliphatic hydroxyl groups excluding tert-OH is 1. The molecule has 3 aromatic rings. The van der Waals surface area contributed by atoms with Gasteiger partial charge in [0.25, 0.3) is 0 Å². The molecule has 1 aliphatic carbocycles. The number of H-pyrrole nitrogens is 1. The molecule has 1 aliphatic heterocycles. The minimum absolute atomic E-state index is 0.168. The number of aliphatic hydroxyl groups is 1. The number of pyridine rings is 1. The van der Waals surface area contributed by atoms with Crippen LogP contribution in [0.5, 0.6) is 0 Å². The lowest BCUT2D eigenvalue weighted by molar-refractivity contribution is 0.218. The number of rotatable bonds is 4. The van der Waals surface area contributed by atoms with Crippen molar-refractivity contribution in [1.29, 1.82) is 0 Å². The second-order valence-corrected chi connectivity index (χ2v) is 8.86. The molecule has 3 atom stereocenters. The van der Waals surface area contributed by atoms with E-state index < -0.39 is 0 Å². The van der Waals surface area contributed by atoms with Gasteiger partial charge in [0, 0.05) is 55.5 Å². The number of likely N-dealkylation sites (tertiary alicyclic amines) is 1. The zero-order chi connectivity index (χ0) is 21.5. The molecular weight excluding hydrogens is 416 g/mol. The number of nitrogens with one attached hydrogen (secondary N) is 2. The van der Waals surface area contributed by atoms with Crippen LogP contribution in [0.1, 0.15) is 18.7 Å². The zero-order valence-electron chi connectivity index (χ0n) is 16.9. The lowest BCUT2D eigenvalue weighted by Gasteiger charge is -2.30. The fourth-order valence-corrected chi connectivity index (χ4v) is 5.48. The number of nitrogens with zero attached hydrogens (tertiary/aromatic N) is 6. The van der Waals surface area contributed by atoms with Gasteiger partial charge in [0.15, 0.2) is 5.82 Å². The Morgan fingerprint density at radius 1 is 1.45 bits per heavy atom. The Balaban J connectivity index is 1.26. The highest BCUT2D eigenvalue weighted by atomic mass is 32.1. The second kappa shape index (κ2) is 7.79. The molecule has 3 N–H and O–H groups in total. The van der Waals surface area contributed by atoms with E-state index in [4.69, 9.17) is 11.7 Å². The third kappa shape index (κ3) is 3.47. The maximum absolute atomic E-state index is 12.6. The average Bonchev–Trinajstić information content (AvgIpc) is 3.54. The van der Waals surface area contributed by atoms with Crippen LogP contribution in [-0.4, -0.2) is 61.5 Å². The number of aromatic amines is 1. The van der Waals surface area contributed by atoms with Crippen molar-refractivity contribution in [3.05, 3.63) is 35.7 Å². The number of fused-ring (bicyclic) bond motifs is 2. The van der Waals surface area contributed by atoms with Crippen LogP contribution < -0.4 is 10.2 Å². The third-order valence-corrected chi connectivity index (χ3v) is 7.06. The Bertz CT molecular complexity index is 1150. The molecule has 2 amide bonds. The number of hydrogen-bond donors (Lipinski definition) is 3. The van der Waals surface area contributed by atoms with Gasteiger partial charge in [0.1, 0.15) is 12.3 Å². The number of carbonyl (C=O) groups excluding carboxylic acids is 1. The van der Waals surface area contributed by atoms with Gasteiger partial charge in [-0.3, -0.25) is 10.3 Å². The minimum atomic E-state index is -0.239. The van der Waals surface area contributed by atoms with Crippen LogP contribution in [0.2, 0.25) is 0 Å². The molecule has 0 radical (unpaired) electrons. The molecular formula is C20H22N8O2S. The number of aromatic nitrogens is 4. The first-order valence-electron chi connectivity index (χ1n) is 10.1. The smallest absolute Gasteiger partial charge is 0.323 e. The molecule has 1 unspecified atom stereocenters. The first kappa shape index (κ1) is 19.7. The zero-order valence-corrected chi connectivity index (χ0v) is 17.8. The van der Waals surface area contributed by atoms with Gasteiger partial charge >= 0.3 is 6.03 Å². The molecule has 4 heterocycles. The van der Waals surface area contributed by atoms with Crippen molar-refractivity contribution < 1.29 is 9.90 Å². The molecule has 10 nitrogen and oxygen atoms in total. The summed E-state index contributed by atoms with van der Waals surface area (Å²) in [4.78, 5) is 31.9. The van der Waals surface area contributed by atoms with Crippen molar-refractivity contribution in [2.75, 3.05) is 30.4 Å². The first-order chi connectivity index (χ1) is 15.1. The molecule has 1 saturated carbocycles. The molecule has 5 rings (SSSR count). The summed E-state index contributed by atoms with van der Waals surface area (Å²) in [6.07, 6.45) is 5.44. The van der Waals surface area contributed by atoms with Gasteiger partial charge in [-0.1, -0.05) is 0 Å². The van der Waals surface area contributed by atoms with E-state index in [1.807, 2.05) is 17.2 Å². The standard InChI is InChI=1S/C20H22N8O2S/c1-21-15-7-23-18-14(3-4-22-18)17(15)27(2)13-5-11-8-28(9-12(11)6-13)20(30)25-19-24-16(10-29)26-31-19/h3-4,7,11-13,29H,5-6,8-10H2,2H3,(H,22,23)(H,24,25,26,30)/t11-,12+,13?. The van der Waals surface area contributed by atoms with Crippen molar-refractivity contribution >= 4 is 45.1 Å². The molecule has 31 heavy (non-hydrogen) atoms. The first-order valence-corrected chi connectivity index (χ1v) is 10.9. The largest absolute Gasteiger partial charge is 0.388 e. The van der Waals surface area contributed by atoms with Crippen LogP contribution in [-0.2, 0) is 6.61 Å². The third-order valence-electron chi connectivity index (χ3n) is 6.40. The van der Waals surface area contributed by atoms with E-state index in [9.17, 15) is 4.79 Å². The lowest BCUT2D eigenvalue weighted by atomic mass is 10.0. The fraction of sp³-hybridized carbons (Fsp3) is 0.450. The van der Waals surface area contributed by atoms with Gasteiger partial charge in [-0.15, -0.1) is 0 Å². The number of urea groups is 1. The summed E-state index contributed by atoms with van der Waals surface area (Å²) in [6, 6.07) is 2.12. The van der Waals surface area contributed by atoms with Gasteiger partial charge in [-0.2, -0.15) is 4.37 Å². The Hall–Kier alpha value is -3.23. The predicted molar refractivity (Wildman–Crippen MR) is 117 cm³/mol. The summed E-state index contributed by atoms with van der Waals surface area (Å²) in [5, 5.41) is 13.2. The van der Waals surface area contributed by atoms with Crippen LogP contribution in [0.3, 0.4) is 0 Å². The van der Waals surface area contributed by atoms with Crippen molar-refractivity contribution in [3.8, 4) is 0 Å². The number of hydrogen-bond acceptors (Lipinski definition) is 7. The van der Waals surface area contributed by atoms with E-state index in [1.54, 1.807) is 6.20 Å². The summed E-state index contributed by atoms with van der Waals surface area (Å²) in [5.41, 5.74) is 2.28. The fourth-order valence-electron chi connectivity index (χ4n) is 4.91. The topological polar surface area (TPSA) is 115 Å². The summed E-state index contributed by atoms with van der Waals surface area (Å²) >= 11 is 1.07. The molecule has 1 saturated heterocycles. The molecule has 3 aromatic heterocycles. The van der Waals surface area contributed by atoms with Crippen LogP contribution in [0.4, 0.5) is 21.3 Å². The molecule has 2 fully saturated rings. The summed E-state index contributed by atoms with van der Waals surface area (Å²) in [5.74, 6) is 1.18. The van der Waals surface area contributed by atoms with E-state index in [0.29, 0.717) is 47.6 Å². The summed E-state index contributed by atoms with van der Waals surface area (Å²) < 4.78 is 3.98. The van der Waals surface area contributed by atoms with Gasteiger partial charge in [-0.05, 0) is 30.7 Å². The van der Waals surface area contributed by atoms with Crippen LogP contribution in [0, 0.1) is 18.4 Å². The Labute approximate surface area is 182 Å². The second-order valence-electron chi connectivity index (χ2n) is 8.11. The molecule has 0 bridgehead atoms. The van der Waals surface area contributed by atoms with Crippen LogP contribution >= 0.6 is 11.5 Å². The van der Waals surface area contributed by atoms with Crippen LogP contribution in [0.15, 0.2) is 18.5 Å². The number of amides is 2. The maximum atomic E-state index is 12.6. The maximum Gasteiger partial charge on any atom is 0.323 e. The highest BCUT2D eigenvalue weighted by Crippen LogP contribution is 2.44.